The summed E-state index contributed by atoms with van der Waals surface area (Å²) in [5.74, 6) is -1.65. The summed E-state index contributed by atoms with van der Waals surface area (Å²) in [7, 11) is 2.16. The molecule has 8 nitrogen and oxygen atoms in total. The quantitative estimate of drug-likeness (QED) is 0.765. The number of carbonyl (C=O) groups is 2. The summed E-state index contributed by atoms with van der Waals surface area (Å²) in [5, 5.41) is 15.6. The number of carboxylic acids is 2. The summed E-state index contributed by atoms with van der Waals surface area (Å²) in [6.45, 7) is 7.02. The van der Waals surface area contributed by atoms with E-state index in [2.05, 4.69) is 27.9 Å². The molecule has 2 rings (SSSR count). The van der Waals surface area contributed by atoms with Crippen molar-refractivity contribution in [2.75, 3.05) is 44.7 Å². The summed E-state index contributed by atoms with van der Waals surface area (Å²) in [6.07, 6.45) is 4.79. The Morgan fingerprint density at radius 2 is 1.75 bits per heavy atom. The summed E-state index contributed by atoms with van der Waals surface area (Å²) in [4.78, 5) is 28.0. The largest absolute Gasteiger partial charge is 0.492 e. The van der Waals surface area contributed by atoms with Gasteiger partial charge in [-0.15, -0.1) is 0 Å². The molecule has 2 heterocycles. The zero-order valence-corrected chi connectivity index (χ0v) is 13.9. The third-order valence-corrected chi connectivity index (χ3v) is 3.25. The minimum Gasteiger partial charge on any atom is -0.492 e. The van der Waals surface area contributed by atoms with Crippen LogP contribution in [0.2, 0.25) is 0 Å². The highest BCUT2D eigenvalue weighted by Gasteiger charge is 2.14. The van der Waals surface area contributed by atoms with Gasteiger partial charge in [-0.2, -0.15) is 0 Å². The Bertz CT molecular complexity index is 553. The van der Waals surface area contributed by atoms with Crippen molar-refractivity contribution >= 4 is 17.6 Å². The molecule has 0 aromatic carbocycles. The van der Waals surface area contributed by atoms with Crippen LogP contribution in [-0.4, -0.2) is 71.9 Å². The van der Waals surface area contributed by atoms with Gasteiger partial charge < -0.3 is 24.7 Å². The number of pyridine rings is 1. The average Bonchev–Trinajstić information content (AvgIpc) is 2.55. The van der Waals surface area contributed by atoms with Gasteiger partial charge in [0, 0.05) is 44.4 Å². The van der Waals surface area contributed by atoms with E-state index in [-0.39, 0.29) is 0 Å². The normalized spacial score (nSPS) is 14.8. The predicted molar refractivity (Wildman–Crippen MR) is 89.5 cm³/mol. The molecule has 8 heteroatoms. The van der Waals surface area contributed by atoms with Gasteiger partial charge in [-0.3, -0.25) is 4.98 Å². The molecular formula is C16H23N3O5. The molecule has 0 amide bonds. The van der Waals surface area contributed by atoms with E-state index in [9.17, 15) is 9.59 Å². The molecule has 1 aliphatic rings. The van der Waals surface area contributed by atoms with E-state index < -0.39 is 11.9 Å². The fourth-order valence-corrected chi connectivity index (χ4v) is 2.03. The summed E-state index contributed by atoms with van der Waals surface area (Å²) in [6, 6.07) is 2.07. The SMILES string of the molecule is CCOc1cncc(N2CCN(C)CC2)c1.O=C(O)/C=C/C(=O)O. The number of piperazine rings is 1. The lowest BCUT2D eigenvalue weighted by Crippen LogP contribution is -2.44. The Morgan fingerprint density at radius 3 is 2.25 bits per heavy atom. The third-order valence-electron chi connectivity index (χ3n) is 3.25. The van der Waals surface area contributed by atoms with E-state index in [1.807, 2.05) is 13.1 Å². The predicted octanol–water partition coefficient (Wildman–Crippen LogP) is 0.944. The molecule has 132 valence electrons. The van der Waals surface area contributed by atoms with Crippen LogP contribution in [0.1, 0.15) is 6.92 Å². The van der Waals surface area contributed by atoms with Gasteiger partial charge in [0.25, 0.3) is 0 Å². The minimum absolute atomic E-state index is 0.558. The van der Waals surface area contributed by atoms with Gasteiger partial charge in [0.05, 0.1) is 24.7 Å². The first-order valence-corrected chi connectivity index (χ1v) is 7.57. The summed E-state index contributed by atoms with van der Waals surface area (Å²) < 4.78 is 5.46. The van der Waals surface area contributed by atoms with Crippen LogP contribution in [0, 0.1) is 0 Å². The van der Waals surface area contributed by atoms with Gasteiger partial charge in [0.2, 0.25) is 0 Å². The smallest absolute Gasteiger partial charge is 0.328 e. The molecular weight excluding hydrogens is 314 g/mol. The maximum absolute atomic E-state index is 9.55. The molecule has 1 saturated heterocycles. The Kier molecular flexibility index (Phi) is 8.28. The Hall–Kier alpha value is -2.61. The maximum atomic E-state index is 9.55. The second-order valence-electron chi connectivity index (χ2n) is 5.11. The fourth-order valence-electron chi connectivity index (χ4n) is 2.03. The number of rotatable bonds is 5. The number of aromatic nitrogens is 1. The van der Waals surface area contributed by atoms with Gasteiger partial charge >= 0.3 is 11.9 Å². The zero-order chi connectivity index (χ0) is 17.9. The van der Waals surface area contributed by atoms with Crippen molar-refractivity contribution in [3.8, 4) is 5.75 Å². The number of ether oxygens (including phenoxy) is 1. The Labute approximate surface area is 141 Å². The number of anilines is 1. The van der Waals surface area contributed by atoms with Crippen molar-refractivity contribution < 1.29 is 24.5 Å². The lowest BCUT2D eigenvalue weighted by Gasteiger charge is -2.33. The molecule has 1 aromatic heterocycles. The highest BCUT2D eigenvalue weighted by atomic mass is 16.5. The van der Waals surface area contributed by atoms with Crippen LogP contribution in [0.25, 0.3) is 0 Å². The molecule has 0 aliphatic carbocycles. The van der Waals surface area contributed by atoms with Crippen molar-refractivity contribution in [2.45, 2.75) is 6.92 Å². The first kappa shape index (κ1) is 19.4. The maximum Gasteiger partial charge on any atom is 0.328 e. The van der Waals surface area contributed by atoms with E-state index in [1.165, 1.54) is 5.69 Å². The second-order valence-corrected chi connectivity index (χ2v) is 5.11. The van der Waals surface area contributed by atoms with Crippen LogP contribution < -0.4 is 9.64 Å². The van der Waals surface area contributed by atoms with Crippen LogP contribution in [-0.2, 0) is 9.59 Å². The number of aliphatic carboxylic acids is 2. The van der Waals surface area contributed by atoms with Crippen LogP contribution in [0.5, 0.6) is 5.75 Å². The molecule has 0 spiro atoms. The number of likely N-dealkylation sites (N-methyl/N-ethyl adjacent to an activating group) is 1. The van der Waals surface area contributed by atoms with E-state index in [0.717, 1.165) is 31.9 Å². The van der Waals surface area contributed by atoms with Gasteiger partial charge in [0.1, 0.15) is 5.75 Å². The van der Waals surface area contributed by atoms with Crippen molar-refractivity contribution in [1.82, 2.24) is 9.88 Å². The van der Waals surface area contributed by atoms with Crippen molar-refractivity contribution in [2.24, 2.45) is 0 Å². The average molecular weight is 337 g/mol. The fraction of sp³-hybridized carbons (Fsp3) is 0.438. The van der Waals surface area contributed by atoms with Crippen LogP contribution in [0.4, 0.5) is 5.69 Å². The number of hydrogen-bond donors (Lipinski definition) is 2. The topological polar surface area (TPSA) is 103 Å². The van der Waals surface area contributed by atoms with E-state index in [4.69, 9.17) is 14.9 Å². The first-order valence-electron chi connectivity index (χ1n) is 7.57. The minimum atomic E-state index is -1.26. The standard InChI is InChI=1S/C12H19N3O.C4H4O4/c1-3-16-12-8-11(9-13-10-12)15-6-4-14(2)5-7-15;5-3(6)1-2-4(7)8/h8-10H,3-7H2,1-2H3;1-2H,(H,5,6)(H,7,8)/b;2-1+. The van der Waals surface area contributed by atoms with Crippen LogP contribution in [0.3, 0.4) is 0 Å². The molecule has 24 heavy (non-hydrogen) atoms. The van der Waals surface area contributed by atoms with Gasteiger partial charge in [-0.1, -0.05) is 0 Å². The van der Waals surface area contributed by atoms with Crippen LogP contribution >= 0.6 is 0 Å². The Morgan fingerprint density at radius 1 is 1.17 bits per heavy atom. The Balaban J connectivity index is 0.000000307. The molecule has 2 N–H and O–H groups in total. The lowest BCUT2D eigenvalue weighted by molar-refractivity contribution is -0.134. The molecule has 0 radical (unpaired) electrons. The van der Waals surface area contributed by atoms with Gasteiger partial charge in [0.15, 0.2) is 0 Å². The third kappa shape index (κ3) is 7.59. The van der Waals surface area contributed by atoms with Crippen molar-refractivity contribution in [3.05, 3.63) is 30.6 Å². The zero-order valence-electron chi connectivity index (χ0n) is 13.9. The molecule has 1 aromatic rings. The molecule has 0 atom stereocenters. The summed E-state index contributed by atoms with van der Waals surface area (Å²) >= 11 is 0. The monoisotopic (exact) mass is 337 g/mol. The van der Waals surface area contributed by atoms with Crippen molar-refractivity contribution in [3.63, 3.8) is 0 Å². The number of carboxylic acid groups (broad SMARTS) is 2. The lowest BCUT2D eigenvalue weighted by atomic mass is 10.3. The van der Waals surface area contributed by atoms with E-state index >= 15 is 0 Å². The summed E-state index contributed by atoms with van der Waals surface area (Å²) in [5.41, 5.74) is 1.17. The number of hydrogen-bond acceptors (Lipinski definition) is 6. The van der Waals surface area contributed by atoms with Gasteiger partial charge in [-0.05, 0) is 14.0 Å². The van der Waals surface area contributed by atoms with Gasteiger partial charge in [-0.25, -0.2) is 9.59 Å². The highest BCUT2D eigenvalue weighted by Crippen LogP contribution is 2.20. The van der Waals surface area contributed by atoms with E-state index in [1.54, 1.807) is 6.20 Å². The first-order chi connectivity index (χ1) is 11.4. The molecule has 1 fully saturated rings. The van der Waals surface area contributed by atoms with E-state index in [0.29, 0.717) is 18.8 Å². The van der Waals surface area contributed by atoms with Crippen molar-refractivity contribution in [1.29, 1.82) is 0 Å². The molecule has 0 bridgehead atoms. The molecule has 0 unspecified atom stereocenters. The second kappa shape index (κ2) is 10.2. The van der Waals surface area contributed by atoms with Crippen LogP contribution in [0.15, 0.2) is 30.6 Å². The molecule has 1 aliphatic heterocycles. The number of nitrogens with zero attached hydrogens (tertiary/aromatic N) is 3. The highest BCUT2D eigenvalue weighted by molar-refractivity contribution is 5.89. The molecule has 0 saturated carbocycles.